The van der Waals surface area contributed by atoms with Gasteiger partial charge in [0.25, 0.3) is 5.56 Å². The van der Waals surface area contributed by atoms with Gasteiger partial charge in [0.1, 0.15) is 17.8 Å². The third kappa shape index (κ3) is 4.02. The van der Waals surface area contributed by atoms with E-state index in [0.29, 0.717) is 0 Å². The molecule has 146 valence electrons. The molecule has 2 aromatic rings. The number of aliphatic hydroxyl groups excluding tert-OH is 3. The maximum absolute atomic E-state index is 11.9. The number of ether oxygens (including phenoxy) is 2. The van der Waals surface area contributed by atoms with Gasteiger partial charge in [0.2, 0.25) is 0 Å². The van der Waals surface area contributed by atoms with Gasteiger partial charge in [0, 0.05) is 18.2 Å². The molecule has 0 unspecified atom stereocenters. The summed E-state index contributed by atoms with van der Waals surface area (Å²) >= 11 is 0. The minimum atomic E-state index is -1.51. The van der Waals surface area contributed by atoms with E-state index >= 15 is 0 Å². The molecule has 3 atom stereocenters. The normalized spacial score (nSPS) is 24.2. The van der Waals surface area contributed by atoms with Gasteiger partial charge in [-0.25, -0.2) is 4.79 Å². The van der Waals surface area contributed by atoms with Gasteiger partial charge in [-0.15, -0.1) is 0 Å². The molecule has 1 aromatic carbocycles. The van der Waals surface area contributed by atoms with Crippen LogP contribution in [0.25, 0.3) is 0 Å². The minimum absolute atomic E-state index is 0.0276. The Kier molecular flexibility index (Phi) is 5.88. The van der Waals surface area contributed by atoms with E-state index in [1.165, 1.54) is 6.20 Å². The van der Waals surface area contributed by atoms with E-state index in [0.717, 1.165) is 5.56 Å². The van der Waals surface area contributed by atoms with Crippen LogP contribution in [0.2, 0.25) is 0 Å². The fraction of sp³-hybridized carbons (Fsp3) is 0.444. The first kappa shape index (κ1) is 19.5. The zero-order chi connectivity index (χ0) is 19.4. The summed E-state index contributed by atoms with van der Waals surface area (Å²) < 4.78 is 11.5. The average molecular weight is 378 g/mol. The van der Waals surface area contributed by atoms with Crippen LogP contribution < -0.4 is 11.2 Å². The van der Waals surface area contributed by atoms with Crippen molar-refractivity contribution in [3.8, 4) is 0 Å². The molecule has 0 aliphatic carbocycles. The Labute approximate surface area is 154 Å². The zero-order valence-electron chi connectivity index (χ0n) is 14.5. The first-order chi connectivity index (χ1) is 13.0. The quantitative estimate of drug-likeness (QED) is 0.401. The summed E-state index contributed by atoms with van der Waals surface area (Å²) in [6, 6.07) is 9.24. The molecule has 9 nitrogen and oxygen atoms in total. The van der Waals surface area contributed by atoms with Crippen molar-refractivity contribution in [1.29, 1.82) is 0 Å². The third-order valence-electron chi connectivity index (χ3n) is 4.72. The predicted octanol–water partition coefficient (Wildman–Crippen LogP) is -1.33. The number of hydrogen-bond acceptors (Lipinski definition) is 7. The molecule has 3 rings (SSSR count). The largest absolute Gasteiger partial charge is 0.393 e. The molecule has 1 fully saturated rings. The van der Waals surface area contributed by atoms with E-state index < -0.39 is 48.4 Å². The summed E-state index contributed by atoms with van der Waals surface area (Å²) in [5.41, 5.74) is -1.68. The van der Waals surface area contributed by atoms with Crippen LogP contribution in [0.3, 0.4) is 0 Å². The number of aromatic nitrogens is 2. The van der Waals surface area contributed by atoms with Crippen LogP contribution in [-0.2, 0) is 22.5 Å². The lowest BCUT2D eigenvalue weighted by Crippen LogP contribution is -2.50. The number of rotatable bonds is 7. The van der Waals surface area contributed by atoms with Crippen molar-refractivity contribution in [2.75, 3.05) is 13.2 Å². The van der Waals surface area contributed by atoms with Gasteiger partial charge in [-0.2, -0.15) is 0 Å². The molecule has 27 heavy (non-hydrogen) atoms. The van der Waals surface area contributed by atoms with Gasteiger partial charge in [0.05, 0.1) is 25.9 Å². The maximum atomic E-state index is 11.9. The van der Waals surface area contributed by atoms with Gasteiger partial charge in [-0.05, 0) is 5.56 Å². The summed E-state index contributed by atoms with van der Waals surface area (Å²) in [4.78, 5) is 27.5. The molecule has 1 aliphatic rings. The summed E-state index contributed by atoms with van der Waals surface area (Å²) in [7, 11) is 0. The van der Waals surface area contributed by atoms with Gasteiger partial charge in [-0.1, -0.05) is 30.3 Å². The van der Waals surface area contributed by atoms with Crippen LogP contribution in [0.4, 0.5) is 0 Å². The van der Waals surface area contributed by atoms with Crippen LogP contribution in [0.15, 0.2) is 46.1 Å². The van der Waals surface area contributed by atoms with Crippen molar-refractivity contribution in [1.82, 2.24) is 9.97 Å². The summed E-state index contributed by atoms with van der Waals surface area (Å²) in [5.74, 6) is 0. The van der Waals surface area contributed by atoms with Crippen LogP contribution in [-0.4, -0.2) is 62.4 Å². The van der Waals surface area contributed by atoms with E-state index in [9.17, 15) is 24.9 Å². The molecule has 5 N–H and O–H groups in total. The standard InChI is InChI=1S/C18H22N2O7/c21-9-18(10-22)15(26-8-11-4-2-1-3-5-11)14(23)13(27-18)6-12-7-19-17(25)20-16(12)24/h1-5,7,13-15,21-23H,6,8-10H2,(H2,19,20,24,25)/t13-,14-,15+/m0/s1. The van der Waals surface area contributed by atoms with Crippen LogP contribution in [0.5, 0.6) is 0 Å². The molecule has 0 spiro atoms. The lowest BCUT2D eigenvalue weighted by molar-refractivity contribution is -0.154. The molecule has 9 heteroatoms. The minimum Gasteiger partial charge on any atom is -0.393 e. The SMILES string of the molecule is O=c1[nH]cc(C[C@@H]2OC(CO)(CO)[C@H](OCc3ccccc3)[C@H]2O)c(=O)[nH]1. The maximum Gasteiger partial charge on any atom is 0.325 e. The van der Waals surface area contributed by atoms with E-state index in [2.05, 4.69) is 9.97 Å². The van der Waals surface area contributed by atoms with E-state index in [1.54, 1.807) is 0 Å². The predicted molar refractivity (Wildman–Crippen MR) is 94.2 cm³/mol. The highest BCUT2D eigenvalue weighted by Gasteiger charge is 2.55. The van der Waals surface area contributed by atoms with Crippen LogP contribution in [0, 0.1) is 0 Å². The highest BCUT2D eigenvalue weighted by Crippen LogP contribution is 2.35. The number of hydrogen-bond donors (Lipinski definition) is 5. The van der Waals surface area contributed by atoms with Crippen molar-refractivity contribution in [2.45, 2.75) is 36.9 Å². The van der Waals surface area contributed by atoms with Crippen LogP contribution >= 0.6 is 0 Å². The number of aliphatic hydroxyl groups is 3. The molecule has 2 heterocycles. The Morgan fingerprint density at radius 1 is 1.15 bits per heavy atom. The highest BCUT2D eigenvalue weighted by molar-refractivity contribution is 5.15. The Balaban J connectivity index is 1.79. The number of H-pyrrole nitrogens is 2. The third-order valence-corrected chi connectivity index (χ3v) is 4.72. The van der Waals surface area contributed by atoms with Gasteiger partial charge in [0.15, 0.2) is 0 Å². The van der Waals surface area contributed by atoms with Crippen molar-refractivity contribution in [3.63, 3.8) is 0 Å². The van der Waals surface area contributed by atoms with E-state index in [-0.39, 0.29) is 18.6 Å². The van der Waals surface area contributed by atoms with Crippen molar-refractivity contribution in [3.05, 3.63) is 68.5 Å². The molecule has 1 aliphatic heterocycles. The molecular weight excluding hydrogens is 356 g/mol. The Morgan fingerprint density at radius 3 is 2.48 bits per heavy atom. The van der Waals surface area contributed by atoms with E-state index in [1.807, 2.05) is 30.3 Å². The second kappa shape index (κ2) is 8.15. The smallest absolute Gasteiger partial charge is 0.325 e. The molecular formula is C18H22N2O7. The van der Waals surface area contributed by atoms with Crippen molar-refractivity contribution in [2.24, 2.45) is 0 Å². The molecule has 0 saturated carbocycles. The lowest BCUT2D eigenvalue weighted by atomic mass is 9.94. The van der Waals surface area contributed by atoms with Gasteiger partial charge >= 0.3 is 5.69 Å². The summed E-state index contributed by atoms with van der Waals surface area (Å²) in [5, 5.41) is 30.2. The molecule has 0 radical (unpaired) electrons. The molecule has 0 bridgehead atoms. The van der Waals surface area contributed by atoms with Gasteiger partial charge in [-0.3, -0.25) is 9.78 Å². The van der Waals surface area contributed by atoms with Gasteiger partial charge < -0.3 is 29.8 Å². The Bertz CT molecular complexity index is 860. The first-order valence-corrected chi connectivity index (χ1v) is 8.53. The first-order valence-electron chi connectivity index (χ1n) is 8.53. The van der Waals surface area contributed by atoms with Crippen molar-refractivity contribution >= 4 is 0 Å². The highest BCUT2D eigenvalue weighted by atomic mass is 16.6. The number of aromatic amines is 2. The summed E-state index contributed by atoms with van der Waals surface area (Å²) in [6.07, 6.45) is -1.88. The fourth-order valence-electron chi connectivity index (χ4n) is 3.23. The fourth-order valence-corrected chi connectivity index (χ4v) is 3.23. The lowest BCUT2D eigenvalue weighted by Gasteiger charge is -2.31. The molecule has 1 aromatic heterocycles. The van der Waals surface area contributed by atoms with Crippen molar-refractivity contribution < 1.29 is 24.8 Å². The topological polar surface area (TPSA) is 145 Å². The molecule has 1 saturated heterocycles. The number of nitrogens with one attached hydrogen (secondary N) is 2. The second-order valence-electron chi connectivity index (χ2n) is 6.55. The number of benzene rings is 1. The monoisotopic (exact) mass is 378 g/mol. The Morgan fingerprint density at radius 2 is 1.85 bits per heavy atom. The van der Waals surface area contributed by atoms with E-state index in [4.69, 9.17) is 9.47 Å². The molecule has 0 amide bonds. The average Bonchev–Trinajstić information content (AvgIpc) is 2.95. The Hall–Kier alpha value is -2.30. The summed E-state index contributed by atoms with van der Waals surface area (Å²) in [6.45, 7) is -0.989. The zero-order valence-corrected chi connectivity index (χ0v) is 14.5. The second-order valence-corrected chi connectivity index (χ2v) is 6.55. The van der Waals surface area contributed by atoms with Crippen LogP contribution in [0.1, 0.15) is 11.1 Å².